The number of aliphatic carboxylic acids is 1. The molecule has 0 radical (unpaired) electrons. The maximum absolute atomic E-state index is 12.2. The molecular formula is C16H11NO3S3. The van der Waals surface area contributed by atoms with Gasteiger partial charge in [-0.05, 0) is 28.6 Å². The number of hydrogen-bond acceptors (Lipinski definition) is 5. The summed E-state index contributed by atoms with van der Waals surface area (Å²) in [4.78, 5) is 25.5. The van der Waals surface area contributed by atoms with E-state index in [2.05, 4.69) is 0 Å². The lowest BCUT2D eigenvalue weighted by atomic mass is 10.1. The number of thioether (sulfide) groups is 1. The van der Waals surface area contributed by atoms with Crippen LogP contribution in [-0.2, 0) is 9.59 Å². The SMILES string of the molecule is O=C(O)CN1C(=O)C(=Cc2cc(-c3ccccc3)cs2)SC1=S. The Kier molecular flexibility index (Phi) is 4.61. The van der Waals surface area contributed by atoms with E-state index in [1.807, 2.05) is 41.8 Å². The minimum Gasteiger partial charge on any atom is -0.480 e. The Labute approximate surface area is 146 Å². The van der Waals surface area contributed by atoms with Gasteiger partial charge in [0.05, 0.1) is 4.91 Å². The second-order valence-corrected chi connectivity index (χ2v) is 7.38. The second-order valence-electron chi connectivity index (χ2n) is 4.77. The largest absolute Gasteiger partial charge is 0.480 e. The molecule has 0 atom stereocenters. The first-order valence-corrected chi connectivity index (χ1v) is 8.76. The van der Waals surface area contributed by atoms with Crippen LogP contribution in [0.5, 0.6) is 0 Å². The Bertz CT molecular complexity index is 811. The topological polar surface area (TPSA) is 57.6 Å². The van der Waals surface area contributed by atoms with E-state index >= 15 is 0 Å². The summed E-state index contributed by atoms with van der Waals surface area (Å²) in [5.74, 6) is -1.43. The van der Waals surface area contributed by atoms with E-state index in [1.54, 1.807) is 6.08 Å². The third-order valence-corrected chi connectivity index (χ3v) is 5.42. The fourth-order valence-corrected chi connectivity index (χ4v) is 4.28. The van der Waals surface area contributed by atoms with Crippen LogP contribution >= 0.6 is 35.3 Å². The highest BCUT2D eigenvalue weighted by Crippen LogP contribution is 2.34. The number of carboxylic acid groups (broad SMARTS) is 1. The molecule has 2 heterocycles. The maximum atomic E-state index is 12.2. The molecule has 7 heteroatoms. The molecule has 0 bridgehead atoms. The molecule has 116 valence electrons. The number of benzene rings is 1. The molecule has 1 aliphatic rings. The number of thiophene rings is 1. The Hall–Kier alpha value is -1.96. The minimum atomic E-state index is -1.08. The summed E-state index contributed by atoms with van der Waals surface area (Å²) in [6.07, 6.45) is 1.76. The van der Waals surface area contributed by atoms with Crippen molar-refractivity contribution >= 4 is 57.6 Å². The standard InChI is InChI=1S/C16H11NO3S3/c18-14(19)8-17-15(20)13(23-16(17)21)7-12-6-11(9-22-12)10-4-2-1-3-5-10/h1-7,9H,8H2,(H,18,19). The van der Waals surface area contributed by atoms with Gasteiger partial charge >= 0.3 is 5.97 Å². The third-order valence-electron chi connectivity index (χ3n) is 3.17. The highest BCUT2D eigenvalue weighted by atomic mass is 32.2. The van der Waals surface area contributed by atoms with Gasteiger partial charge in [0.25, 0.3) is 5.91 Å². The Morgan fingerprint density at radius 3 is 2.70 bits per heavy atom. The van der Waals surface area contributed by atoms with Gasteiger partial charge in [0, 0.05) is 4.88 Å². The van der Waals surface area contributed by atoms with Gasteiger partial charge in [-0.15, -0.1) is 11.3 Å². The zero-order chi connectivity index (χ0) is 16.4. The number of carbonyl (C=O) groups excluding carboxylic acids is 1. The summed E-state index contributed by atoms with van der Waals surface area (Å²) >= 11 is 7.74. The molecule has 1 aliphatic heterocycles. The number of rotatable bonds is 4. The van der Waals surface area contributed by atoms with E-state index in [4.69, 9.17) is 17.3 Å². The Morgan fingerprint density at radius 1 is 1.26 bits per heavy atom. The molecule has 0 spiro atoms. The highest BCUT2D eigenvalue weighted by Gasteiger charge is 2.33. The number of thiocarbonyl (C=S) groups is 1. The van der Waals surface area contributed by atoms with Gasteiger partial charge in [0.1, 0.15) is 10.9 Å². The number of hydrogen-bond donors (Lipinski definition) is 1. The zero-order valence-electron chi connectivity index (χ0n) is 11.8. The van der Waals surface area contributed by atoms with Gasteiger partial charge in [0.2, 0.25) is 0 Å². The van der Waals surface area contributed by atoms with Gasteiger partial charge in [-0.25, -0.2) is 0 Å². The number of carbonyl (C=O) groups is 2. The lowest BCUT2D eigenvalue weighted by Crippen LogP contribution is -2.33. The molecule has 1 fully saturated rings. The van der Waals surface area contributed by atoms with Crippen LogP contribution in [0.25, 0.3) is 17.2 Å². The monoisotopic (exact) mass is 361 g/mol. The van der Waals surface area contributed by atoms with Crippen molar-refractivity contribution in [2.24, 2.45) is 0 Å². The summed E-state index contributed by atoms with van der Waals surface area (Å²) in [5, 5.41) is 10.9. The highest BCUT2D eigenvalue weighted by molar-refractivity contribution is 8.26. The van der Waals surface area contributed by atoms with Crippen molar-refractivity contribution in [3.05, 3.63) is 51.6 Å². The third kappa shape index (κ3) is 3.52. The first-order chi connectivity index (χ1) is 11.0. The van der Waals surface area contributed by atoms with Crippen LogP contribution in [0.1, 0.15) is 4.88 Å². The first kappa shape index (κ1) is 15.9. The zero-order valence-corrected chi connectivity index (χ0v) is 14.2. The van der Waals surface area contributed by atoms with Crippen LogP contribution in [0.4, 0.5) is 0 Å². The van der Waals surface area contributed by atoms with Gasteiger partial charge in [-0.3, -0.25) is 14.5 Å². The molecule has 1 aromatic carbocycles. The molecule has 1 aromatic heterocycles. The molecule has 4 nitrogen and oxygen atoms in total. The molecule has 0 aliphatic carbocycles. The van der Waals surface area contributed by atoms with Crippen molar-refractivity contribution in [1.29, 1.82) is 0 Å². The summed E-state index contributed by atoms with van der Waals surface area (Å²) in [6, 6.07) is 12.0. The predicted octanol–water partition coefficient (Wildman–Crippen LogP) is 3.70. The van der Waals surface area contributed by atoms with Gasteiger partial charge < -0.3 is 5.11 Å². The fourth-order valence-electron chi connectivity index (χ4n) is 2.11. The van der Waals surface area contributed by atoms with E-state index in [0.717, 1.165) is 32.7 Å². The average molecular weight is 361 g/mol. The van der Waals surface area contributed by atoms with Gasteiger partial charge in [-0.1, -0.05) is 54.3 Å². The fraction of sp³-hybridized carbons (Fsp3) is 0.0625. The van der Waals surface area contributed by atoms with Crippen molar-refractivity contribution in [1.82, 2.24) is 4.90 Å². The second kappa shape index (κ2) is 6.66. The predicted molar refractivity (Wildman–Crippen MR) is 97.3 cm³/mol. The Balaban J connectivity index is 1.83. The molecule has 0 unspecified atom stereocenters. The number of carboxylic acids is 1. The molecule has 0 saturated carbocycles. The lowest BCUT2D eigenvalue weighted by molar-refractivity contribution is -0.140. The average Bonchev–Trinajstić information content (AvgIpc) is 3.09. The molecule has 1 amide bonds. The van der Waals surface area contributed by atoms with Crippen molar-refractivity contribution in [3.8, 4) is 11.1 Å². The smallest absolute Gasteiger partial charge is 0.323 e. The normalized spacial score (nSPS) is 16.3. The van der Waals surface area contributed by atoms with Crippen LogP contribution in [-0.4, -0.2) is 32.7 Å². The van der Waals surface area contributed by atoms with E-state index in [-0.39, 0.29) is 10.2 Å². The van der Waals surface area contributed by atoms with Crippen molar-refractivity contribution in [2.75, 3.05) is 6.54 Å². The van der Waals surface area contributed by atoms with Crippen LogP contribution in [0.3, 0.4) is 0 Å². The van der Waals surface area contributed by atoms with Crippen LogP contribution in [0.2, 0.25) is 0 Å². The molecule has 2 aromatic rings. The van der Waals surface area contributed by atoms with E-state index in [9.17, 15) is 9.59 Å². The lowest BCUT2D eigenvalue weighted by Gasteiger charge is -2.09. The van der Waals surface area contributed by atoms with Crippen molar-refractivity contribution in [2.45, 2.75) is 0 Å². The molecule has 1 N–H and O–H groups in total. The van der Waals surface area contributed by atoms with E-state index < -0.39 is 12.5 Å². The van der Waals surface area contributed by atoms with E-state index in [1.165, 1.54) is 11.3 Å². The van der Waals surface area contributed by atoms with E-state index in [0.29, 0.717) is 4.91 Å². The molecule has 3 rings (SSSR count). The van der Waals surface area contributed by atoms with Crippen molar-refractivity contribution in [3.63, 3.8) is 0 Å². The molecule has 1 saturated heterocycles. The van der Waals surface area contributed by atoms with Gasteiger partial charge in [0.15, 0.2) is 0 Å². The number of amides is 1. The Morgan fingerprint density at radius 2 is 2.00 bits per heavy atom. The summed E-state index contributed by atoms with van der Waals surface area (Å²) in [6.45, 7) is -0.401. The quantitative estimate of drug-likeness (QED) is 0.665. The first-order valence-electron chi connectivity index (χ1n) is 6.66. The minimum absolute atomic E-state index is 0.281. The van der Waals surface area contributed by atoms with Crippen LogP contribution in [0.15, 0.2) is 46.7 Å². The van der Waals surface area contributed by atoms with Crippen molar-refractivity contribution < 1.29 is 14.7 Å². The summed E-state index contributed by atoms with van der Waals surface area (Å²) in [7, 11) is 0. The summed E-state index contributed by atoms with van der Waals surface area (Å²) < 4.78 is 0.281. The number of nitrogens with zero attached hydrogens (tertiary/aromatic N) is 1. The van der Waals surface area contributed by atoms with Crippen LogP contribution in [0, 0.1) is 0 Å². The molecular weight excluding hydrogens is 350 g/mol. The molecule has 23 heavy (non-hydrogen) atoms. The van der Waals surface area contributed by atoms with Gasteiger partial charge in [-0.2, -0.15) is 0 Å². The summed E-state index contributed by atoms with van der Waals surface area (Å²) in [5.41, 5.74) is 2.20. The maximum Gasteiger partial charge on any atom is 0.323 e. The van der Waals surface area contributed by atoms with Crippen LogP contribution < -0.4 is 0 Å².